The first-order chi connectivity index (χ1) is 8.75. The van der Waals surface area contributed by atoms with Gasteiger partial charge in [-0.05, 0) is 31.6 Å². The van der Waals surface area contributed by atoms with Crippen molar-refractivity contribution in [3.63, 3.8) is 0 Å². The Bertz CT molecular complexity index is 216. The van der Waals surface area contributed by atoms with Crippen LogP contribution in [0, 0.1) is 11.8 Å². The highest BCUT2D eigenvalue weighted by Crippen LogP contribution is 2.29. The third-order valence-corrected chi connectivity index (χ3v) is 4.34. The van der Waals surface area contributed by atoms with Gasteiger partial charge >= 0.3 is 0 Å². The van der Waals surface area contributed by atoms with E-state index < -0.39 is 0 Å². The molecule has 0 bridgehead atoms. The summed E-state index contributed by atoms with van der Waals surface area (Å²) in [7, 11) is 0. The van der Waals surface area contributed by atoms with E-state index in [0.29, 0.717) is 11.8 Å². The van der Waals surface area contributed by atoms with Crippen LogP contribution >= 0.6 is 0 Å². The van der Waals surface area contributed by atoms with Crippen LogP contribution in [0.15, 0.2) is 12.2 Å². The molecule has 0 aromatic heterocycles. The first-order valence-electron chi connectivity index (χ1n) is 8.10. The zero-order valence-corrected chi connectivity index (χ0v) is 12.4. The minimum absolute atomic E-state index is 0.114. The van der Waals surface area contributed by atoms with E-state index in [1.807, 2.05) is 0 Å². The van der Waals surface area contributed by atoms with Crippen molar-refractivity contribution < 1.29 is 5.11 Å². The topological polar surface area (TPSA) is 20.2 Å². The maximum absolute atomic E-state index is 10.3. The molecule has 106 valence electrons. The molecular weight excluding hydrogens is 220 g/mol. The molecule has 2 atom stereocenters. The second-order valence-corrected chi connectivity index (χ2v) is 6.03. The molecule has 1 saturated carbocycles. The summed E-state index contributed by atoms with van der Waals surface area (Å²) in [5.74, 6) is 0.887. The second-order valence-electron chi connectivity index (χ2n) is 6.03. The molecule has 0 amide bonds. The number of hydrogen-bond acceptors (Lipinski definition) is 1. The molecule has 0 radical (unpaired) electrons. The molecule has 1 nitrogen and oxygen atoms in total. The van der Waals surface area contributed by atoms with Gasteiger partial charge in [-0.2, -0.15) is 0 Å². The van der Waals surface area contributed by atoms with Crippen molar-refractivity contribution in [3.8, 4) is 0 Å². The predicted octanol–water partition coefficient (Wildman–Crippen LogP) is 5.09. The largest absolute Gasteiger partial charge is 0.392 e. The smallest absolute Gasteiger partial charge is 0.0628 e. The average molecular weight is 252 g/mol. The van der Waals surface area contributed by atoms with Crippen LogP contribution in [-0.2, 0) is 0 Å². The maximum Gasteiger partial charge on any atom is 0.0628 e. The van der Waals surface area contributed by atoms with Crippen LogP contribution in [0.5, 0.6) is 0 Å². The minimum Gasteiger partial charge on any atom is -0.392 e. The van der Waals surface area contributed by atoms with Crippen molar-refractivity contribution in [1.82, 2.24) is 0 Å². The van der Waals surface area contributed by atoms with Gasteiger partial charge in [-0.25, -0.2) is 0 Å². The molecular formula is C17H32O. The first kappa shape index (κ1) is 15.8. The molecule has 1 aliphatic carbocycles. The fraction of sp³-hybridized carbons (Fsp3) is 0.882. The Balaban J connectivity index is 2.17. The van der Waals surface area contributed by atoms with Gasteiger partial charge in [-0.1, -0.05) is 64.5 Å². The van der Waals surface area contributed by atoms with E-state index in [2.05, 4.69) is 26.0 Å². The van der Waals surface area contributed by atoms with E-state index in [9.17, 15) is 5.11 Å². The molecule has 1 rings (SSSR count). The third kappa shape index (κ3) is 6.04. The van der Waals surface area contributed by atoms with E-state index in [1.165, 1.54) is 64.2 Å². The molecule has 18 heavy (non-hydrogen) atoms. The summed E-state index contributed by atoms with van der Waals surface area (Å²) in [6.07, 6.45) is 17.4. The van der Waals surface area contributed by atoms with Crippen molar-refractivity contribution >= 4 is 0 Å². The highest BCUT2D eigenvalue weighted by atomic mass is 16.3. The van der Waals surface area contributed by atoms with Gasteiger partial charge in [0.15, 0.2) is 0 Å². The van der Waals surface area contributed by atoms with Gasteiger partial charge in [0.2, 0.25) is 0 Å². The zero-order valence-electron chi connectivity index (χ0n) is 12.4. The van der Waals surface area contributed by atoms with Crippen molar-refractivity contribution in [2.45, 2.75) is 84.2 Å². The third-order valence-electron chi connectivity index (χ3n) is 4.34. The summed E-state index contributed by atoms with van der Waals surface area (Å²) in [4.78, 5) is 0. The molecule has 0 aromatic rings. The molecule has 1 N–H and O–H groups in total. The van der Waals surface area contributed by atoms with E-state index in [1.54, 1.807) is 0 Å². The van der Waals surface area contributed by atoms with Crippen LogP contribution < -0.4 is 0 Å². The number of aliphatic hydroxyl groups excluding tert-OH is 1. The molecule has 0 spiro atoms. The van der Waals surface area contributed by atoms with Crippen molar-refractivity contribution in [2.75, 3.05) is 0 Å². The fourth-order valence-electron chi connectivity index (χ4n) is 3.02. The molecule has 0 heterocycles. The van der Waals surface area contributed by atoms with Crippen LogP contribution in [-0.4, -0.2) is 11.2 Å². The van der Waals surface area contributed by atoms with Crippen molar-refractivity contribution in [3.05, 3.63) is 12.2 Å². The monoisotopic (exact) mass is 252 g/mol. The summed E-state index contributed by atoms with van der Waals surface area (Å²) >= 11 is 0. The van der Waals surface area contributed by atoms with Gasteiger partial charge in [0.25, 0.3) is 0 Å². The van der Waals surface area contributed by atoms with Crippen molar-refractivity contribution in [1.29, 1.82) is 0 Å². The number of allylic oxidation sites excluding steroid dienone is 1. The van der Waals surface area contributed by atoms with Crippen LogP contribution in [0.1, 0.15) is 78.1 Å². The van der Waals surface area contributed by atoms with Gasteiger partial charge in [0.1, 0.15) is 0 Å². The van der Waals surface area contributed by atoms with E-state index >= 15 is 0 Å². The lowest BCUT2D eigenvalue weighted by molar-refractivity contribution is 0.0556. The lowest BCUT2D eigenvalue weighted by Gasteiger charge is -2.29. The minimum atomic E-state index is -0.114. The van der Waals surface area contributed by atoms with Gasteiger partial charge in [-0.3, -0.25) is 0 Å². The van der Waals surface area contributed by atoms with Gasteiger partial charge < -0.3 is 5.11 Å². The number of hydrogen-bond donors (Lipinski definition) is 1. The predicted molar refractivity (Wildman–Crippen MR) is 79.6 cm³/mol. The maximum atomic E-state index is 10.3. The summed E-state index contributed by atoms with van der Waals surface area (Å²) in [6.45, 7) is 4.42. The summed E-state index contributed by atoms with van der Waals surface area (Å²) in [5, 5.41) is 10.3. The standard InChI is InChI=1S/C17H32O/c1-3-4-5-6-7-9-12-15(2)17(18)16-13-10-8-11-14-16/h9,12,15-18H,3-8,10-11,13-14H2,1-2H3/b12-9+/t15-,17-/m1/s1. The highest BCUT2D eigenvalue weighted by Gasteiger charge is 2.24. The quantitative estimate of drug-likeness (QED) is 0.471. The zero-order chi connectivity index (χ0) is 13.2. The molecule has 1 aliphatic rings. The molecule has 1 fully saturated rings. The molecule has 0 saturated heterocycles. The Labute approximate surface area is 114 Å². The first-order valence-corrected chi connectivity index (χ1v) is 8.10. The van der Waals surface area contributed by atoms with Gasteiger partial charge in [-0.15, -0.1) is 0 Å². The molecule has 1 heteroatoms. The Kier molecular flexibility index (Phi) is 8.41. The second kappa shape index (κ2) is 9.61. The van der Waals surface area contributed by atoms with Gasteiger partial charge in [0.05, 0.1) is 6.10 Å². The normalized spacial score (nSPS) is 21.3. The van der Waals surface area contributed by atoms with Gasteiger partial charge in [0, 0.05) is 5.92 Å². The molecule has 0 aromatic carbocycles. The average Bonchev–Trinajstić information content (AvgIpc) is 2.42. The van der Waals surface area contributed by atoms with Crippen LogP contribution in [0.2, 0.25) is 0 Å². The van der Waals surface area contributed by atoms with Crippen LogP contribution in [0.3, 0.4) is 0 Å². The lowest BCUT2D eigenvalue weighted by atomic mass is 9.81. The number of unbranched alkanes of at least 4 members (excludes halogenated alkanes) is 4. The lowest BCUT2D eigenvalue weighted by Crippen LogP contribution is -2.28. The molecule has 0 aliphatic heterocycles. The summed E-state index contributed by atoms with van der Waals surface area (Å²) in [5.41, 5.74) is 0. The Hall–Kier alpha value is -0.300. The van der Waals surface area contributed by atoms with E-state index in [0.717, 1.165) is 0 Å². The number of rotatable bonds is 8. The molecule has 0 unspecified atom stereocenters. The van der Waals surface area contributed by atoms with Crippen LogP contribution in [0.25, 0.3) is 0 Å². The number of aliphatic hydroxyl groups is 1. The van der Waals surface area contributed by atoms with Crippen molar-refractivity contribution in [2.24, 2.45) is 11.8 Å². The summed E-state index contributed by atoms with van der Waals surface area (Å²) < 4.78 is 0. The van der Waals surface area contributed by atoms with Crippen LogP contribution in [0.4, 0.5) is 0 Å². The Morgan fingerprint density at radius 1 is 1.11 bits per heavy atom. The fourth-order valence-corrected chi connectivity index (χ4v) is 3.02. The SMILES string of the molecule is CCCCCC/C=C/[C@@H](C)[C@@H](O)C1CCCCC1. The summed E-state index contributed by atoms with van der Waals surface area (Å²) in [6, 6.07) is 0. The Morgan fingerprint density at radius 3 is 2.50 bits per heavy atom. The Morgan fingerprint density at radius 2 is 1.83 bits per heavy atom. The van der Waals surface area contributed by atoms with E-state index in [-0.39, 0.29) is 6.10 Å². The van der Waals surface area contributed by atoms with E-state index in [4.69, 9.17) is 0 Å². The highest BCUT2D eigenvalue weighted by molar-refractivity contribution is 4.92.